The summed E-state index contributed by atoms with van der Waals surface area (Å²) in [7, 11) is 0. The van der Waals surface area contributed by atoms with Crippen molar-refractivity contribution in [1.29, 1.82) is 0 Å². The monoisotopic (exact) mass is 405 g/mol. The van der Waals surface area contributed by atoms with Gasteiger partial charge in [-0.15, -0.1) is 0 Å². The molecule has 2 aromatic carbocycles. The van der Waals surface area contributed by atoms with Crippen molar-refractivity contribution in [2.24, 2.45) is 0 Å². The number of rotatable bonds is 3. The van der Waals surface area contributed by atoms with Gasteiger partial charge in [-0.05, 0) is 29.8 Å². The summed E-state index contributed by atoms with van der Waals surface area (Å²) in [5, 5.41) is 10.9. The van der Waals surface area contributed by atoms with Gasteiger partial charge < -0.3 is 19.5 Å². The number of para-hydroxylation sites is 1. The van der Waals surface area contributed by atoms with Crippen molar-refractivity contribution in [1.82, 2.24) is 9.47 Å². The lowest BCUT2D eigenvalue weighted by molar-refractivity contribution is 0.0721. The zero-order valence-corrected chi connectivity index (χ0v) is 16.2. The van der Waals surface area contributed by atoms with Gasteiger partial charge in [0.25, 0.3) is 11.8 Å². The molecule has 0 unspecified atom stereocenters. The Bertz CT molecular complexity index is 1140. The Kier molecular flexibility index (Phi) is 4.31. The molecule has 0 aliphatic carbocycles. The van der Waals surface area contributed by atoms with E-state index in [-0.39, 0.29) is 34.6 Å². The third-order valence-electron chi connectivity index (χ3n) is 5.81. The molecule has 0 bridgehead atoms. The Balaban J connectivity index is 1.47. The normalized spacial score (nSPS) is 15.9. The molecule has 0 saturated carbocycles. The van der Waals surface area contributed by atoms with Gasteiger partial charge in [0, 0.05) is 44.0 Å². The predicted molar refractivity (Wildman–Crippen MR) is 109 cm³/mol. The van der Waals surface area contributed by atoms with Gasteiger partial charge in [0.05, 0.1) is 0 Å². The van der Waals surface area contributed by atoms with Crippen LogP contribution in [0.25, 0.3) is 0 Å². The van der Waals surface area contributed by atoms with Crippen molar-refractivity contribution in [2.45, 2.75) is 19.5 Å². The molecule has 1 aromatic heterocycles. The number of aromatic nitrogens is 1. The first kappa shape index (κ1) is 18.4. The standard InChI is InChI=1S/C23H20FN3O3/c24-16-8-6-15(7-9-16)14-25-11-10-18-19(22(25)29)21(28)20-23(30)26(12-13-27(18)20)17-4-2-1-3-5-17/h1-9,28H,10-14H2. The average molecular weight is 405 g/mol. The average Bonchev–Trinajstić information content (AvgIpc) is 3.06. The Morgan fingerprint density at radius 3 is 2.37 bits per heavy atom. The lowest BCUT2D eigenvalue weighted by Crippen LogP contribution is -2.41. The van der Waals surface area contributed by atoms with E-state index in [1.54, 1.807) is 26.5 Å². The minimum absolute atomic E-state index is 0.173. The highest BCUT2D eigenvalue weighted by Gasteiger charge is 2.39. The predicted octanol–water partition coefficient (Wildman–Crippen LogP) is 3.19. The summed E-state index contributed by atoms with van der Waals surface area (Å²) in [5.41, 5.74) is 2.66. The number of halogens is 1. The van der Waals surface area contributed by atoms with Gasteiger partial charge in [-0.25, -0.2) is 4.39 Å². The summed E-state index contributed by atoms with van der Waals surface area (Å²) in [4.78, 5) is 29.5. The molecule has 3 aromatic rings. The molecule has 5 rings (SSSR count). The molecule has 0 saturated heterocycles. The highest BCUT2D eigenvalue weighted by molar-refractivity contribution is 6.11. The Morgan fingerprint density at radius 2 is 1.63 bits per heavy atom. The van der Waals surface area contributed by atoms with E-state index in [1.807, 2.05) is 30.3 Å². The molecule has 0 radical (unpaired) electrons. The van der Waals surface area contributed by atoms with E-state index in [1.165, 1.54) is 12.1 Å². The van der Waals surface area contributed by atoms with Gasteiger partial charge >= 0.3 is 0 Å². The largest absolute Gasteiger partial charge is 0.505 e. The maximum Gasteiger partial charge on any atom is 0.278 e. The first-order valence-electron chi connectivity index (χ1n) is 9.89. The number of nitrogens with zero attached hydrogens (tertiary/aromatic N) is 3. The van der Waals surface area contributed by atoms with Crippen LogP contribution in [0.15, 0.2) is 54.6 Å². The van der Waals surface area contributed by atoms with Crippen molar-refractivity contribution in [3.63, 3.8) is 0 Å². The van der Waals surface area contributed by atoms with Gasteiger partial charge in [0.2, 0.25) is 0 Å². The molecular weight excluding hydrogens is 385 g/mol. The van der Waals surface area contributed by atoms with E-state index in [0.29, 0.717) is 38.3 Å². The molecule has 2 aliphatic heterocycles. The number of hydrogen-bond donors (Lipinski definition) is 1. The first-order chi connectivity index (χ1) is 14.5. The van der Waals surface area contributed by atoms with Crippen molar-refractivity contribution in [3.05, 3.63) is 82.9 Å². The second-order valence-corrected chi connectivity index (χ2v) is 7.57. The SMILES string of the molecule is O=C1c2c(O)c3n(c2CCN1Cc1ccc(F)cc1)CCN(c1ccccc1)C3=O. The second-order valence-electron chi connectivity index (χ2n) is 7.57. The van der Waals surface area contributed by atoms with Crippen molar-refractivity contribution < 1.29 is 19.1 Å². The molecule has 6 nitrogen and oxygen atoms in total. The number of fused-ring (bicyclic) bond motifs is 3. The van der Waals surface area contributed by atoms with Crippen LogP contribution >= 0.6 is 0 Å². The van der Waals surface area contributed by atoms with Crippen LogP contribution in [0.4, 0.5) is 10.1 Å². The Morgan fingerprint density at radius 1 is 0.900 bits per heavy atom. The Hall–Kier alpha value is -3.61. The molecule has 30 heavy (non-hydrogen) atoms. The molecule has 152 valence electrons. The van der Waals surface area contributed by atoms with Crippen LogP contribution in [0.1, 0.15) is 32.1 Å². The fourth-order valence-corrected chi connectivity index (χ4v) is 4.35. The van der Waals surface area contributed by atoms with Gasteiger partial charge in [0.15, 0.2) is 11.4 Å². The van der Waals surface area contributed by atoms with Crippen molar-refractivity contribution in [2.75, 3.05) is 18.0 Å². The highest BCUT2D eigenvalue weighted by atomic mass is 19.1. The number of carbonyl (C=O) groups excluding carboxylic acids is 2. The quantitative estimate of drug-likeness (QED) is 0.728. The molecular formula is C23H20FN3O3. The van der Waals surface area contributed by atoms with Crippen LogP contribution in [-0.2, 0) is 19.5 Å². The third-order valence-corrected chi connectivity index (χ3v) is 5.81. The number of aromatic hydroxyl groups is 1. The molecule has 2 aliphatic rings. The van der Waals surface area contributed by atoms with Gasteiger partial charge in [0.1, 0.15) is 11.4 Å². The van der Waals surface area contributed by atoms with E-state index >= 15 is 0 Å². The van der Waals surface area contributed by atoms with Crippen molar-refractivity contribution in [3.8, 4) is 5.75 Å². The summed E-state index contributed by atoms with van der Waals surface area (Å²) in [6.45, 7) is 1.79. The molecule has 7 heteroatoms. The molecule has 3 heterocycles. The number of benzene rings is 2. The van der Waals surface area contributed by atoms with Crippen LogP contribution < -0.4 is 4.90 Å². The smallest absolute Gasteiger partial charge is 0.278 e. The maximum atomic E-state index is 13.2. The third kappa shape index (κ3) is 2.85. The van der Waals surface area contributed by atoms with Crippen LogP contribution in [0, 0.1) is 5.82 Å². The van der Waals surface area contributed by atoms with Gasteiger partial charge in [-0.3, -0.25) is 9.59 Å². The summed E-state index contributed by atoms with van der Waals surface area (Å²) < 4.78 is 15.0. The maximum absolute atomic E-state index is 13.2. The van der Waals surface area contributed by atoms with Crippen LogP contribution in [0.2, 0.25) is 0 Å². The van der Waals surface area contributed by atoms with Gasteiger partial charge in [-0.1, -0.05) is 30.3 Å². The van der Waals surface area contributed by atoms with E-state index < -0.39 is 0 Å². The molecule has 0 spiro atoms. The topological polar surface area (TPSA) is 65.8 Å². The lowest BCUT2D eigenvalue weighted by atomic mass is 10.0. The zero-order valence-electron chi connectivity index (χ0n) is 16.2. The number of anilines is 1. The van der Waals surface area contributed by atoms with E-state index in [4.69, 9.17) is 0 Å². The zero-order chi connectivity index (χ0) is 20.8. The number of amides is 2. The van der Waals surface area contributed by atoms with Crippen molar-refractivity contribution >= 4 is 17.5 Å². The molecule has 1 N–H and O–H groups in total. The van der Waals surface area contributed by atoms with E-state index in [0.717, 1.165) is 11.3 Å². The first-order valence-corrected chi connectivity index (χ1v) is 9.89. The summed E-state index contributed by atoms with van der Waals surface area (Å²) in [5.74, 6) is -1.19. The summed E-state index contributed by atoms with van der Waals surface area (Å²) >= 11 is 0. The summed E-state index contributed by atoms with van der Waals surface area (Å²) in [6, 6.07) is 15.3. The summed E-state index contributed by atoms with van der Waals surface area (Å²) in [6.07, 6.45) is 0.550. The fourth-order valence-electron chi connectivity index (χ4n) is 4.35. The molecule has 0 fully saturated rings. The number of hydrogen-bond acceptors (Lipinski definition) is 3. The second kappa shape index (κ2) is 7.02. The van der Waals surface area contributed by atoms with Crippen LogP contribution in [0.5, 0.6) is 5.75 Å². The lowest BCUT2D eigenvalue weighted by Gasteiger charge is -2.30. The fraction of sp³-hybridized carbons (Fsp3) is 0.217. The molecule has 0 atom stereocenters. The minimum atomic E-state index is -0.328. The van der Waals surface area contributed by atoms with Gasteiger partial charge in [-0.2, -0.15) is 0 Å². The van der Waals surface area contributed by atoms with Crippen LogP contribution in [0.3, 0.4) is 0 Å². The van der Waals surface area contributed by atoms with E-state index in [2.05, 4.69) is 0 Å². The van der Waals surface area contributed by atoms with E-state index in [9.17, 15) is 19.1 Å². The molecule has 2 amide bonds. The number of carbonyl (C=O) groups is 2. The highest BCUT2D eigenvalue weighted by Crippen LogP contribution is 2.37. The van der Waals surface area contributed by atoms with Crippen LogP contribution in [-0.4, -0.2) is 39.5 Å². The minimum Gasteiger partial charge on any atom is -0.505 e. The Labute approximate surface area is 172 Å².